The lowest BCUT2D eigenvalue weighted by Crippen LogP contribution is -2.16. The van der Waals surface area contributed by atoms with Crippen molar-refractivity contribution in [2.75, 3.05) is 22.9 Å². The first-order valence-electron chi connectivity index (χ1n) is 17.7. The van der Waals surface area contributed by atoms with Gasteiger partial charge in [0.2, 0.25) is 0 Å². The number of H-pyrrole nitrogens is 2. The summed E-state index contributed by atoms with van der Waals surface area (Å²) >= 11 is 6.57. The van der Waals surface area contributed by atoms with Crippen LogP contribution in [-0.2, 0) is 16.4 Å². The lowest BCUT2D eigenvalue weighted by Gasteiger charge is -2.12. The van der Waals surface area contributed by atoms with Crippen molar-refractivity contribution in [3.63, 3.8) is 0 Å². The number of rotatable bonds is 12. The molecule has 9 rings (SSSR count). The Balaban J connectivity index is 0.948. The molecule has 0 saturated heterocycles. The first kappa shape index (κ1) is 35.1. The molecule has 0 atom stereocenters. The van der Waals surface area contributed by atoms with Crippen LogP contribution in [0.4, 0.5) is 21.6 Å². The minimum Gasteiger partial charge on any atom is -0.487 e. The number of nitrogens with zero attached hydrogens (tertiary/aromatic N) is 2. The molecule has 4 heterocycles. The third-order valence-electron chi connectivity index (χ3n) is 9.47. The van der Waals surface area contributed by atoms with Gasteiger partial charge in [-0.2, -0.15) is 0 Å². The second-order valence-corrected chi connectivity index (χ2v) is 15.7. The largest absolute Gasteiger partial charge is 0.487 e. The number of benzene rings is 5. The van der Waals surface area contributed by atoms with Crippen LogP contribution in [-0.4, -0.2) is 40.7 Å². The normalized spacial score (nSPS) is 11.8. The first-order valence-corrected chi connectivity index (χ1v) is 19.7. The van der Waals surface area contributed by atoms with Crippen molar-refractivity contribution in [1.29, 1.82) is 0 Å². The van der Waals surface area contributed by atoms with Crippen LogP contribution in [0, 0.1) is 5.82 Å². The Morgan fingerprint density at radius 1 is 0.786 bits per heavy atom. The molecular weight excluding hydrogens is 751 g/mol. The fraction of sp³-hybridized carbons (Fsp3) is 0.0698. The van der Waals surface area contributed by atoms with Gasteiger partial charge in [0.05, 0.1) is 22.0 Å². The van der Waals surface area contributed by atoms with Crippen molar-refractivity contribution in [3.05, 3.63) is 150 Å². The Bertz CT molecular complexity index is 2980. The molecule has 0 aliphatic rings. The van der Waals surface area contributed by atoms with Crippen LogP contribution < -0.4 is 15.4 Å². The fourth-order valence-electron chi connectivity index (χ4n) is 6.70. The number of halogens is 2. The van der Waals surface area contributed by atoms with Crippen LogP contribution in [0.2, 0.25) is 5.02 Å². The van der Waals surface area contributed by atoms with Gasteiger partial charge >= 0.3 is 0 Å². The van der Waals surface area contributed by atoms with Gasteiger partial charge in [-0.15, -0.1) is 0 Å². The van der Waals surface area contributed by atoms with Crippen molar-refractivity contribution in [1.82, 2.24) is 19.9 Å². The van der Waals surface area contributed by atoms with Crippen LogP contribution in [0.5, 0.6) is 5.75 Å². The SMILES string of the molecule is O=S(=O)(CCNc1c(-c2ccc(-c3ccc4ncnc(Nc5ccc(OCc6cccc(F)c6)c(Cl)c5)c4c3)o2)[nH]c2ccccc12)c1cc2ccccc2[nH]1. The zero-order valence-corrected chi connectivity index (χ0v) is 31.1. The molecule has 0 aliphatic heterocycles. The second kappa shape index (κ2) is 14.5. The standard InChI is InChI=1S/C43H32ClFN6O4S/c44-33-23-30(13-15-38(33)54-24-26-6-5-8-29(45)20-26)49-43-32-21-28(12-14-35(32)47-25-48-43)37-16-17-39(55-37)42-41(31-9-2-4-11-36(31)51-42)46-18-19-56(52,53)40-22-27-7-1-3-10-34(27)50-40/h1-17,20-23,25,46,50-51H,18-19,24H2,(H,47,48,49). The average Bonchev–Trinajstić information content (AvgIpc) is 3.96. The molecule has 0 unspecified atom stereocenters. The molecule has 0 spiro atoms. The van der Waals surface area contributed by atoms with Gasteiger partial charge in [-0.25, -0.2) is 22.8 Å². The second-order valence-electron chi connectivity index (χ2n) is 13.2. The van der Waals surface area contributed by atoms with E-state index in [1.165, 1.54) is 18.5 Å². The van der Waals surface area contributed by atoms with Gasteiger partial charge in [-0.1, -0.05) is 60.1 Å². The number of aromatic nitrogens is 4. The van der Waals surface area contributed by atoms with Crippen molar-refractivity contribution >= 4 is 71.3 Å². The lowest BCUT2D eigenvalue weighted by molar-refractivity contribution is 0.306. The van der Waals surface area contributed by atoms with E-state index in [1.54, 1.807) is 30.3 Å². The maximum absolute atomic E-state index is 13.6. The molecule has 9 aromatic rings. The van der Waals surface area contributed by atoms with E-state index in [-0.39, 0.29) is 29.7 Å². The maximum Gasteiger partial charge on any atom is 0.195 e. The highest BCUT2D eigenvalue weighted by Crippen LogP contribution is 2.39. The van der Waals surface area contributed by atoms with E-state index in [1.807, 2.05) is 84.9 Å². The molecule has 0 amide bonds. The quantitative estimate of drug-likeness (QED) is 0.0961. The van der Waals surface area contributed by atoms with Gasteiger partial charge in [0, 0.05) is 45.0 Å². The number of hydrogen-bond acceptors (Lipinski definition) is 8. The highest BCUT2D eigenvalue weighted by Gasteiger charge is 2.21. The number of aromatic amines is 2. The number of sulfone groups is 1. The van der Waals surface area contributed by atoms with Gasteiger partial charge < -0.3 is 29.8 Å². The summed E-state index contributed by atoms with van der Waals surface area (Å²) in [5, 5.41) is 9.82. The van der Waals surface area contributed by atoms with E-state index in [0.717, 1.165) is 44.0 Å². The molecule has 4 N–H and O–H groups in total. The number of nitrogens with one attached hydrogen (secondary N) is 4. The first-order chi connectivity index (χ1) is 27.3. The zero-order chi connectivity index (χ0) is 38.2. The Labute approximate surface area is 325 Å². The van der Waals surface area contributed by atoms with E-state index in [0.29, 0.717) is 45.1 Å². The van der Waals surface area contributed by atoms with Crippen LogP contribution >= 0.6 is 11.6 Å². The molecule has 0 saturated carbocycles. The maximum atomic E-state index is 13.6. The predicted molar refractivity (Wildman–Crippen MR) is 219 cm³/mol. The third-order valence-corrected chi connectivity index (χ3v) is 11.4. The molecule has 4 aromatic heterocycles. The van der Waals surface area contributed by atoms with Gasteiger partial charge in [0.25, 0.3) is 0 Å². The molecule has 56 heavy (non-hydrogen) atoms. The van der Waals surface area contributed by atoms with Gasteiger partial charge in [-0.05, 0) is 84.4 Å². The molecular formula is C43H32ClFN6O4S. The smallest absolute Gasteiger partial charge is 0.195 e. The summed E-state index contributed by atoms with van der Waals surface area (Å²) in [4.78, 5) is 15.5. The van der Waals surface area contributed by atoms with Crippen molar-refractivity contribution in [2.24, 2.45) is 0 Å². The predicted octanol–water partition coefficient (Wildman–Crippen LogP) is 10.5. The molecule has 5 aromatic carbocycles. The van der Waals surface area contributed by atoms with E-state index < -0.39 is 9.84 Å². The van der Waals surface area contributed by atoms with Crippen LogP contribution in [0.1, 0.15) is 5.56 Å². The minimum atomic E-state index is -3.59. The molecule has 0 bridgehead atoms. The van der Waals surface area contributed by atoms with Crippen LogP contribution in [0.15, 0.2) is 143 Å². The average molecular weight is 783 g/mol. The van der Waals surface area contributed by atoms with E-state index in [9.17, 15) is 12.8 Å². The van der Waals surface area contributed by atoms with E-state index in [4.69, 9.17) is 20.8 Å². The molecule has 0 aliphatic carbocycles. The summed E-state index contributed by atoms with van der Waals surface area (Å²) in [5.74, 6) is 1.79. The summed E-state index contributed by atoms with van der Waals surface area (Å²) in [5.41, 5.74) is 6.01. The molecule has 0 fully saturated rings. The van der Waals surface area contributed by atoms with Crippen LogP contribution in [0.3, 0.4) is 0 Å². The summed E-state index contributed by atoms with van der Waals surface area (Å²) in [6.07, 6.45) is 1.49. The monoisotopic (exact) mass is 782 g/mol. The van der Waals surface area contributed by atoms with Gasteiger partial charge in [0.15, 0.2) is 15.6 Å². The number of fused-ring (bicyclic) bond motifs is 3. The molecule has 13 heteroatoms. The fourth-order valence-corrected chi connectivity index (χ4v) is 8.10. The Kier molecular flexibility index (Phi) is 9.12. The molecule has 0 radical (unpaired) electrons. The number of ether oxygens (including phenoxy) is 1. The number of hydrogen-bond donors (Lipinski definition) is 4. The zero-order valence-electron chi connectivity index (χ0n) is 29.5. The summed E-state index contributed by atoms with van der Waals surface area (Å²) in [6, 6.07) is 38.1. The Morgan fingerprint density at radius 2 is 1.62 bits per heavy atom. The van der Waals surface area contributed by atoms with Gasteiger partial charge in [-0.3, -0.25) is 0 Å². The van der Waals surface area contributed by atoms with Gasteiger partial charge in [0.1, 0.15) is 46.8 Å². The van der Waals surface area contributed by atoms with Crippen LogP contribution in [0.25, 0.3) is 55.5 Å². The number of anilines is 3. The summed E-state index contributed by atoms with van der Waals surface area (Å²) < 4.78 is 52.5. The number of furan rings is 1. The highest BCUT2D eigenvalue weighted by molar-refractivity contribution is 7.91. The third kappa shape index (κ3) is 7.03. The van der Waals surface area contributed by atoms with E-state index in [2.05, 4.69) is 30.6 Å². The van der Waals surface area contributed by atoms with Crippen molar-refractivity contribution in [2.45, 2.75) is 11.6 Å². The molecule has 278 valence electrons. The summed E-state index contributed by atoms with van der Waals surface area (Å²) in [6.45, 7) is 0.351. The van der Waals surface area contributed by atoms with E-state index >= 15 is 0 Å². The minimum absolute atomic E-state index is 0.113. The van der Waals surface area contributed by atoms with Crippen molar-refractivity contribution in [3.8, 4) is 28.5 Å². The lowest BCUT2D eigenvalue weighted by atomic mass is 10.1. The molecule has 10 nitrogen and oxygen atoms in total. The topological polar surface area (TPSA) is 138 Å². The Hall–Kier alpha value is -6.63. The summed E-state index contributed by atoms with van der Waals surface area (Å²) in [7, 11) is -3.59. The Morgan fingerprint density at radius 3 is 2.48 bits per heavy atom. The van der Waals surface area contributed by atoms with Crippen molar-refractivity contribution < 1.29 is 22.0 Å². The highest BCUT2D eigenvalue weighted by atomic mass is 35.5. The number of para-hydroxylation sites is 2.